The number of nitrogens with one attached hydrogen (secondary N) is 2. The molecular weight excluding hydrogens is 490 g/mol. The first kappa shape index (κ1) is 29.6. The molecule has 5 nitrogen and oxygen atoms in total. The number of nitroso groups, excluding NO2 is 1. The summed E-state index contributed by atoms with van der Waals surface area (Å²) in [5.74, 6) is 0.528. The number of hydrogen-bond donors (Lipinski definition) is 2. The van der Waals surface area contributed by atoms with E-state index in [2.05, 4.69) is 76.9 Å². The zero-order valence-electron chi connectivity index (χ0n) is 23.4. The first-order valence-electron chi connectivity index (χ1n) is 13.8. The number of nitrogens with zero attached hydrogens (tertiary/aromatic N) is 1. The van der Waals surface area contributed by atoms with E-state index in [-0.39, 0.29) is 11.8 Å². The van der Waals surface area contributed by atoms with E-state index in [1.165, 1.54) is 16.7 Å². The molecule has 0 saturated carbocycles. The quantitative estimate of drug-likeness (QED) is 0.406. The maximum Gasteiger partial charge on any atom is 0.247 e. The number of aryl methyl sites for hydroxylation is 1. The summed E-state index contributed by atoms with van der Waals surface area (Å²) in [6, 6.07) is 16.7. The van der Waals surface area contributed by atoms with Crippen LogP contribution in [0.1, 0.15) is 64.0 Å². The van der Waals surface area contributed by atoms with E-state index in [0.29, 0.717) is 12.3 Å². The molecule has 1 fully saturated rings. The Morgan fingerprint density at radius 2 is 1.79 bits per heavy atom. The molecule has 1 saturated heterocycles. The van der Waals surface area contributed by atoms with Crippen molar-refractivity contribution in [3.63, 3.8) is 0 Å². The van der Waals surface area contributed by atoms with Gasteiger partial charge in [-0.15, -0.1) is 0 Å². The number of piperidine rings is 1. The molecule has 1 aliphatic heterocycles. The van der Waals surface area contributed by atoms with Gasteiger partial charge in [0.2, 0.25) is 11.6 Å². The lowest BCUT2D eigenvalue weighted by atomic mass is 9.89. The van der Waals surface area contributed by atoms with Crippen LogP contribution in [0.15, 0.2) is 87.8 Å². The second-order valence-corrected chi connectivity index (χ2v) is 11.1. The fraction of sp³-hybridized carbons (Fsp3) is 0.406. The number of carbonyl (C=O) groups excluding carboxylic acids is 1. The van der Waals surface area contributed by atoms with Crippen molar-refractivity contribution in [3.8, 4) is 0 Å². The van der Waals surface area contributed by atoms with Gasteiger partial charge in [0.05, 0.1) is 11.3 Å². The Kier molecular flexibility index (Phi) is 11.6. The molecule has 0 radical (unpaired) electrons. The van der Waals surface area contributed by atoms with Crippen LogP contribution in [0.2, 0.25) is 0 Å². The van der Waals surface area contributed by atoms with Crippen molar-refractivity contribution in [1.82, 2.24) is 4.90 Å². The van der Waals surface area contributed by atoms with Gasteiger partial charge in [-0.1, -0.05) is 81.4 Å². The number of amides is 1. The predicted octanol–water partition coefficient (Wildman–Crippen LogP) is 6.53. The van der Waals surface area contributed by atoms with Gasteiger partial charge in [-0.05, 0) is 80.3 Å². The molecule has 202 valence electrons. The average Bonchev–Trinajstić information content (AvgIpc) is 3.13. The van der Waals surface area contributed by atoms with E-state index in [1.807, 2.05) is 39.8 Å². The van der Waals surface area contributed by atoms with Crippen LogP contribution in [0.5, 0.6) is 0 Å². The summed E-state index contributed by atoms with van der Waals surface area (Å²) in [7, 11) is 0. The second kappa shape index (κ2) is 14.8. The first-order chi connectivity index (χ1) is 18.4. The molecule has 0 aromatic heterocycles. The Morgan fingerprint density at radius 3 is 2.45 bits per heavy atom. The van der Waals surface area contributed by atoms with Crippen molar-refractivity contribution >= 4 is 23.4 Å². The molecule has 0 unspecified atom stereocenters. The van der Waals surface area contributed by atoms with Gasteiger partial charge in [0.25, 0.3) is 0 Å². The van der Waals surface area contributed by atoms with Crippen LogP contribution in [0.4, 0.5) is 5.69 Å². The van der Waals surface area contributed by atoms with Crippen molar-refractivity contribution < 1.29 is 9.97 Å². The molecule has 6 heteroatoms. The zero-order valence-corrected chi connectivity index (χ0v) is 24.2. The van der Waals surface area contributed by atoms with E-state index < -0.39 is 0 Å². The van der Waals surface area contributed by atoms with Gasteiger partial charge in [-0.25, -0.2) is 0 Å². The minimum atomic E-state index is -0.0304. The zero-order chi connectivity index (χ0) is 27.5. The van der Waals surface area contributed by atoms with E-state index in [0.717, 1.165) is 53.7 Å². The van der Waals surface area contributed by atoms with Crippen LogP contribution in [0, 0.1) is 17.7 Å². The van der Waals surface area contributed by atoms with Crippen molar-refractivity contribution in [2.75, 3.05) is 25.0 Å². The standard InChI is InChI=1S/C30H35N3O2S.C2H6/c1-21(2)30(34)31-26-6-4-5-25(19-26)24-15-17-33(18-16-24)20-23-9-13-28(32-35)29(14-10-23)36-27-11-7-22(3)8-12-27;1-2/h4-12,14,19,21,24H,13,15-18,20H2,1-3H3,(H,31,34);1-2H3/p+1. The Bertz CT molecular complexity index is 1170. The van der Waals surface area contributed by atoms with Crippen LogP contribution >= 0.6 is 11.8 Å². The fourth-order valence-corrected chi connectivity index (χ4v) is 5.47. The van der Waals surface area contributed by atoms with Crippen LogP contribution in [-0.4, -0.2) is 30.4 Å². The Hall–Kier alpha value is -2.96. The number of anilines is 1. The summed E-state index contributed by atoms with van der Waals surface area (Å²) in [5, 5.41) is 5.19. The molecule has 4 rings (SSSR count). The highest BCUT2D eigenvalue weighted by molar-refractivity contribution is 8.03. The fourth-order valence-electron chi connectivity index (χ4n) is 4.56. The highest BCUT2D eigenvalue weighted by Gasteiger charge is 2.22. The first-order valence-corrected chi connectivity index (χ1v) is 14.6. The molecule has 2 aliphatic rings. The number of hydrogen-bond acceptors (Lipinski definition) is 4. The summed E-state index contributed by atoms with van der Waals surface area (Å²) in [6.45, 7) is 12.8. The summed E-state index contributed by atoms with van der Waals surface area (Å²) in [5.41, 5.74) is 5.38. The number of rotatable bonds is 8. The molecular formula is C32H42N3O2S+. The third-order valence-corrected chi connectivity index (χ3v) is 7.94. The third kappa shape index (κ3) is 8.53. The average molecular weight is 533 g/mol. The molecule has 0 atom stereocenters. The molecule has 2 N–H and O–H groups in total. The van der Waals surface area contributed by atoms with Gasteiger partial charge in [0.15, 0.2) is 0 Å². The lowest BCUT2D eigenvalue weighted by Gasteiger charge is -2.32. The molecule has 1 amide bonds. The Labute approximate surface area is 232 Å². The minimum absolute atomic E-state index is 0.0304. The molecule has 0 spiro atoms. The van der Waals surface area contributed by atoms with Crippen LogP contribution < -0.4 is 10.5 Å². The molecule has 1 heterocycles. The SMILES string of the molecule is CC.Cc1ccc(SC2=C([NH+]=O)CC=C(CN3CCC(c4cccc(NC(=O)C(C)C)c4)CC3)C=C2)cc1. The number of allylic oxidation sites excluding steroid dienone is 2. The Balaban J connectivity index is 0.00000195. The maximum absolute atomic E-state index is 12.1. The number of carbonyl (C=O) groups is 1. The predicted molar refractivity (Wildman–Crippen MR) is 160 cm³/mol. The second-order valence-electron chi connectivity index (χ2n) is 10.00. The van der Waals surface area contributed by atoms with Gasteiger partial charge in [0.1, 0.15) is 0 Å². The number of benzene rings is 2. The van der Waals surface area contributed by atoms with Gasteiger partial charge in [-0.2, -0.15) is 0 Å². The maximum atomic E-state index is 12.1. The smallest absolute Gasteiger partial charge is 0.247 e. The summed E-state index contributed by atoms with van der Waals surface area (Å²) < 4.78 is 0. The van der Waals surface area contributed by atoms with Crippen molar-refractivity contribution in [1.29, 1.82) is 0 Å². The van der Waals surface area contributed by atoms with Crippen LogP contribution in [-0.2, 0) is 4.79 Å². The lowest BCUT2D eigenvalue weighted by Crippen LogP contribution is -2.61. The van der Waals surface area contributed by atoms with E-state index in [1.54, 1.807) is 11.8 Å². The van der Waals surface area contributed by atoms with E-state index >= 15 is 0 Å². The summed E-state index contributed by atoms with van der Waals surface area (Å²) in [6.07, 6.45) is 9.22. The van der Waals surface area contributed by atoms with Gasteiger partial charge >= 0.3 is 0 Å². The van der Waals surface area contributed by atoms with Gasteiger partial charge in [-0.3, -0.25) is 9.69 Å². The molecule has 2 aromatic carbocycles. The lowest BCUT2D eigenvalue weighted by molar-refractivity contribution is -0.424. The van der Waals surface area contributed by atoms with E-state index in [4.69, 9.17) is 0 Å². The number of thioether (sulfide) groups is 1. The summed E-state index contributed by atoms with van der Waals surface area (Å²) in [4.78, 5) is 28.3. The van der Waals surface area contributed by atoms with Gasteiger partial charge < -0.3 is 5.32 Å². The summed E-state index contributed by atoms with van der Waals surface area (Å²) >= 11 is 1.63. The van der Waals surface area contributed by atoms with Crippen molar-refractivity contribution in [3.05, 3.63) is 99.0 Å². The topological polar surface area (TPSA) is 63.4 Å². The van der Waals surface area contributed by atoms with E-state index in [9.17, 15) is 9.70 Å². The largest absolute Gasteiger partial charge is 0.326 e. The van der Waals surface area contributed by atoms with Crippen LogP contribution in [0.3, 0.4) is 0 Å². The number of likely N-dealkylation sites (tertiary alicyclic amines) is 1. The highest BCUT2D eigenvalue weighted by Crippen LogP contribution is 2.33. The van der Waals surface area contributed by atoms with Crippen molar-refractivity contribution in [2.45, 2.75) is 64.7 Å². The van der Waals surface area contributed by atoms with Crippen LogP contribution in [0.25, 0.3) is 0 Å². The monoisotopic (exact) mass is 532 g/mol. The van der Waals surface area contributed by atoms with Gasteiger partial charge in [0, 0.05) is 33.1 Å². The third-order valence-electron chi connectivity index (χ3n) is 6.83. The minimum Gasteiger partial charge on any atom is -0.326 e. The normalized spacial score (nSPS) is 16.4. The highest BCUT2D eigenvalue weighted by atomic mass is 32.2. The van der Waals surface area contributed by atoms with Crippen molar-refractivity contribution in [2.24, 2.45) is 5.92 Å². The molecule has 1 aliphatic carbocycles. The Morgan fingerprint density at radius 1 is 1.08 bits per heavy atom. The molecule has 2 aromatic rings. The molecule has 0 bridgehead atoms. The molecule has 38 heavy (non-hydrogen) atoms.